The summed E-state index contributed by atoms with van der Waals surface area (Å²) in [5.74, 6) is 0. The molecule has 0 saturated carbocycles. The summed E-state index contributed by atoms with van der Waals surface area (Å²) in [5.41, 5.74) is 0. The standard InChI is InChI=1S/C8H13F3O6/c9-8(10,11)2-16-7-6(15)5(14)4(13)3(1-12)17-7/h3-7,12-15H,1-2H2/t3-,4-,5+,6-,7-/m1/s1. The van der Waals surface area contributed by atoms with Crippen LogP contribution in [0.25, 0.3) is 0 Å². The van der Waals surface area contributed by atoms with E-state index in [1.54, 1.807) is 0 Å². The average molecular weight is 262 g/mol. The van der Waals surface area contributed by atoms with E-state index in [1.165, 1.54) is 0 Å². The van der Waals surface area contributed by atoms with Crippen molar-refractivity contribution in [3.8, 4) is 0 Å². The second kappa shape index (κ2) is 5.46. The highest BCUT2D eigenvalue weighted by Gasteiger charge is 2.45. The average Bonchev–Trinajstić information content (AvgIpc) is 2.24. The second-order valence-corrected chi connectivity index (χ2v) is 3.62. The van der Waals surface area contributed by atoms with Crippen molar-refractivity contribution in [3.05, 3.63) is 0 Å². The Morgan fingerprint density at radius 3 is 2.12 bits per heavy atom. The largest absolute Gasteiger partial charge is 0.411 e. The molecule has 17 heavy (non-hydrogen) atoms. The molecule has 9 heteroatoms. The maximum Gasteiger partial charge on any atom is 0.411 e. The molecule has 6 nitrogen and oxygen atoms in total. The summed E-state index contributed by atoms with van der Waals surface area (Å²) in [6, 6.07) is 0. The van der Waals surface area contributed by atoms with Crippen LogP contribution in [0.5, 0.6) is 0 Å². The van der Waals surface area contributed by atoms with Gasteiger partial charge < -0.3 is 29.9 Å². The zero-order chi connectivity index (χ0) is 13.2. The zero-order valence-corrected chi connectivity index (χ0v) is 8.54. The third kappa shape index (κ3) is 3.76. The van der Waals surface area contributed by atoms with Gasteiger partial charge in [-0.25, -0.2) is 0 Å². The normalized spacial score (nSPS) is 39.4. The number of alkyl halides is 3. The van der Waals surface area contributed by atoms with Crippen molar-refractivity contribution in [2.24, 2.45) is 0 Å². The van der Waals surface area contributed by atoms with Gasteiger partial charge in [-0.05, 0) is 0 Å². The van der Waals surface area contributed by atoms with Gasteiger partial charge in [-0.2, -0.15) is 13.2 Å². The van der Waals surface area contributed by atoms with Gasteiger partial charge in [0.1, 0.15) is 31.0 Å². The topological polar surface area (TPSA) is 99.4 Å². The van der Waals surface area contributed by atoms with Gasteiger partial charge in [0.15, 0.2) is 6.29 Å². The molecule has 0 radical (unpaired) electrons. The number of aliphatic hydroxyl groups excluding tert-OH is 4. The van der Waals surface area contributed by atoms with Gasteiger partial charge in [-0.1, -0.05) is 0 Å². The van der Waals surface area contributed by atoms with Gasteiger partial charge in [0.25, 0.3) is 0 Å². The van der Waals surface area contributed by atoms with Crippen LogP contribution in [-0.4, -0.2) is 70.5 Å². The molecule has 0 bridgehead atoms. The van der Waals surface area contributed by atoms with Crippen molar-refractivity contribution in [3.63, 3.8) is 0 Å². The maximum absolute atomic E-state index is 11.9. The molecule has 1 fully saturated rings. The molecular formula is C8H13F3O6. The highest BCUT2D eigenvalue weighted by molar-refractivity contribution is 4.88. The molecule has 1 rings (SSSR count). The summed E-state index contributed by atoms with van der Waals surface area (Å²) in [4.78, 5) is 0. The van der Waals surface area contributed by atoms with Crippen LogP contribution in [0.1, 0.15) is 0 Å². The molecular weight excluding hydrogens is 249 g/mol. The van der Waals surface area contributed by atoms with Crippen molar-refractivity contribution in [1.82, 2.24) is 0 Å². The fourth-order valence-electron chi connectivity index (χ4n) is 1.38. The Kier molecular flexibility index (Phi) is 4.69. The van der Waals surface area contributed by atoms with Crippen LogP contribution in [0.15, 0.2) is 0 Å². The van der Waals surface area contributed by atoms with Crippen molar-refractivity contribution >= 4 is 0 Å². The van der Waals surface area contributed by atoms with Crippen molar-refractivity contribution < 1.29 is 43.1 Å². The van der Waals surface area contributed by atoms with Crippen LogP contribution in [0, 0.1) is 0 Å². The molecule has 0 aromatic heterocycles. The zero-order valence-electron chi connectivity index (χ0n) is 8.54. The minimum Gasteiger partial charge on any atom is -0.394 e. The van der Waals surface area contributed by atoms with E-state index in [9.17, 15) is 28.5 Å². The van der Waals surface area contributed by atoms with E-state index in [1.807, 2.05) is 0 Å². The molecule has 0 aromatic rings. The molecule has 1 aliphatic rings. The summed E-state index contributed by atoms with van der Waals surface area (Å²) in [7, 11) is 0. The lowest BCUT2D eigenvalue weighted by Gasteiger charge is -2.39. The summed E-state index contributed by atoms with van der Waals surface area (Å²) in [6.07, 6.45) is -12.9. The molecule has 5 atom stereocenters. The predicted molar refractivity (Wildman–Crippen MR) is 45.8 cm³/mol. The fourth-order valence-corrected chi connectivity index (χ4v) is 1.38. The maximum atomic E-state index is 11.9. The lowest BCUT2D eigenvalue weighted by atomic mass is 9.99. The highest BCUT2D eigenvalue weighted by Crippen LogP contribution is 2.24. The first-order chi connectivity index (χ1) is 7.76. The molecule has 1 aliphatic heterocycles. The van der Waals surface area contributed by atoms with Crippen molar-refractivity contribution in [2.75, 3.05) is 13.2 Å². The van der Waals surface area contributed by atoms with Gasteiger partial charge >= 0.3 is 6.18 Å². The molecule has 4 N–H and O–H groups in total. The number of aliphatic hydroxyl groups is 4. The van der Waals surface area contributed by atoms with Crippen LogP contribution in [0.4, 0.5) is 13.2 Å². The van der Waals surface area contributed by atoms with Crippen LogP contribution in [0.2, 0.25) is 0 Å². The van der Waals surface area contributed by atoms with Crippen molar-refractivity contribution in [2.45, 2.75) is 36.9 Å². The first-order valence-electron chi connectivity index (χ1n) is 4.75. The van der Waals surface area contributed by atoms with E-state index < -0.39 is 50.1 Å². The van der Waals surface area contributed by atoms with E-state index in [0.29, 0.717) is 0 Å². The molecule has 102 valence electrons. The van der Waals surface area contributed by atoms with E-state index in [2.05, 4.69) is 4.74 Å². The Morgan fingerprint density at radius 1 is 1.06 bits per heavy atom. The van der Waals surface area contributed by atoms with E-state index in [4.69, 9.17) is 9.84 Å². The smallest absolute Gasteiger partial charge is 0.394 e. The quantitative estimate of drug-likeness (QED) is 0.487. The van der Waals surface area contributed by atoms with Gasteiger partial charge in [0.05, 0.1) is 6.61 Å². The third-order valence-corrected chi connectivity index (χ3v) is 2.26. The summed E-state index contributed by atoms with van der Waals surface area (Å²) >= 11 is 0. The van der Waals surface area contributed by atoms with Gasteiger partial charge in [-0.15, -0.1) is 0 Å². The van der Waals surface area contributed by atoms with E-state index in [0.717, 1.165) is 0 Å². The summed E-state index contributed by atoms with van der Waals surface area (Å²) in [5, 5.41) is 36.6. The lowest BCUT2D eigenvalue weighted by Crippen LogP contribution is -2.59. The first kappa shape index (κ1) is 14.6. The molecule has 0 unspecified atom stereocenters. The number of hydrogen-bond acceptors (Lipinski definition) is 6. The number of rotatable bonds is 3. The second-order valence-electron chi connectivity index (χ2n) is 3.62. The third-order valence-electron chi connectivity index (χ3n) is 2.26. The van der Waals surface area contributed by atoms with E-state index >= 15 is 0 Å². The van der Waals surface area contributed by atoms with Gasteiger partial charge in [0.2, 0.25) is 0 Å². The minimum atomic E-state index is -4.61. The van der Waals surface area contributed by atoms with E-state index in [-0.39, 0.29) is 0 Å². The number of halogens is 3. The Balaban J connectivity index is 2.59. The Labute approximate surface area is 94.2 Å². The summed E-state index contributed by atoms with van der Waals surface area (Å²) in [6.45, 7) is -2.40. The Morgan fingerprint density at radius 2 is 1.65 bits per heavy atom. The molecule has 0 aromatic carbocycles. The monoisotopic (exact) mass is 262 g/mol. The summed E-state index contributed by atoms with van der Waals surface area (Å²) < 4.78 is 44.5. The van der Waals surface area contributed by atoms with Gasteiger partial charge in [0, 0.05) is 0 Å². The molecule has 1 saturated heterocycles. The highest BCUT2D eigenvalue weighted by atomic mass is 19.4. The van der Waals surface area contributed by atoms with Crippen molar-refractivity contribution in [1.29, 1.82) is 0 Å². The SMILES string of the molecule is OC[C@H]1O[C@@H](OCC(F)(F)F)[C@H](O)[C@@H](O)[C@@H]1O. The number of ether oxygens (including phenoxy) is 2. The Hall–Kier alpha value is -0.450. The van der Waals surface area contributed by atoms with Crippen LogP contribution in [0.3, 0.4) is 0 Å². The first-order valence-corrected chi connectivity index (χ1v) is 4.75. The predicted octanol–water partition coefficient (Wildman–Crippen LogP) is -1.63. The van der Waals surface area contributed by atoms with Crippen LogP contribution >= 0.6 is 0 Å². The molecule has 1 heterocycles. The number of hydrogen-bond donors (Lipinski definition) is 4. The Bertz CT molecular complexity index is 246. The molecule has 0 amide bonds. The molecule has 0 spiro atoms. The van der Waals surface area contributed by atoms with Crippen LogP contribution in [-0.2, 0) is 9.47 Å². The molecule has 0 aliphatic carbocycles. The lowest BCUT2D eigenvalue weighted by molar-refractivity contribution is -0.319. The van der Waals surface area contributed by atoms with Crippen LogP contribution < -0.4 is 0 Å². The van der Waals surface area contributed by atoms with Gasteiger partial charge in [-0.3, -0.25) is 0 Å². The fraction of sp³-hybridized carbons (Fsp3) is 1.00. The minimum absolute atomic E-state index is 0.725.